The second-order valence-electron chi connectivity index (χ2n) is 13.8. The second kappa shape index (κ2) is 12.4. The third-order valence-electron chi connectivity index (χ3n) is 7.58. The molecule has 1 aromatic carbocycles. The third-order valence-corrected chi connectivity index (χ3v) is 7.58. The van der Waals surface area contributed by atoms with E-state index in [0.717, 1.165) is 28.1 Å². The van der Waals surface area contributed by atoms with Gasteiger partial charge in [-0.1, -0.05) is 17.3 Å². The normalized spacial score (nSPS) is 15.5. The molecule has 1 atom stereocenters. The van der Waals surface area contributed by atoms with Crippen LogP contribution >= 0.6 is 0 Å². The van der Waals surface area contributed by atoms with Crippen molar-refractivity contribution in [2.45, 2.75) is 97.9 Å². The van der Waals surface area contributed by atoms with Gasteiger partial charge in [-0.2, -0.15) is 5.10 Å². The number of ketones is 1. The molecule has 4 aromatic rings. The van der Waals surface area contributed by atoms with Crippen LogP contribution in [0.2, 0.25) is 0 Å². The van der Waals surface area contributed by atoms with Crippen molar-refractivity contribution < 1.29 is 14.3 Å². The number of anilines is 2. The molecule has 3 aromatic heterocycles. The zero-order chi connectivity index (χ0) is 32.5. The Balaban J connectivity index is 1.44. The zero-order valence-electron chi connectivity index (χ0n) is 27.4. The van der Waals surface area contributed by atoms with Gasteiger partial charge in [0.05, 0.1) is 29.3 Å². The Morgan fingerprint density at radius 1 is 1.09 bits per heavy atom. The van der Waals surface area contributed by atoms with Crippen molar-refractivity contribution in [2.24, 2.45) is 0 Å². The van der Waals surface area contributed by atoms with E-state index in [0.29, 0.717) is 31.2 Å². The van der Waals surface area contributed by atoms with Crippen LogP contribution in [0, 0.1) is 0 Å². The molecule has 1 aliphatic rings. The van der Waals surface area contributed by atoms with E-state index < -0.39 is 5.60 Å². The van der Waals surface area contributed by atoms with Crippen molar-refractivity contribution in [1.82, 2.24) is 39.6 Å². The molecule has 45 heavy (non-hydrogen) atoms. The average Bonchev–Trinajstić information content (AvgIpc) is 3.61. The maximum absolute atomic E-state index is 13.4. The summed E-state index contributed by atoms with van der Waals surface area (Å²) in [5.41, 5.74) is 3.80. The van der Waals surface area contributed by atoms with Crippen molar-refractivity contribution >= 4 is 23.5 Å². The molecule has 0 spiro atoms. The molecule has 0 fully saturated rings. The lowest BCUT2D eigenvalue weighted by Gasteiger charge is -2.26. The van der Waals surface area contributed by atoms with Crippen LogP contribution in [0.1, 0.15) is 102 Å². The van der Waals surface area contributed by atoms with Gasteiger partial charge >= 0.3 is 6.09 Å². The molecule has 0 bridgehead atoms. The Kier molecular flexibility index (Phi) is 8.77. The van der Waals surface area contributed by atoms with Gasteiger partial charge in [0.1, 0.15) is 11.3 Å². The molecule has 1 aliphatic heterocycles. The van der Waals surface area contributed by atoms with E-state index in [-0.39, 0.29) is 35.8 Å². The second-order valence-corrected chi connectivity index (χ2v) is 13.8. The molecular formula is C33H43N9O3. The van der Waals surface area contributed by atoms with Gasteiger partial charge in [-0.25, -0.2) is 19.4 Å². The van der Waals surface area contributed by atoms with Crippen LogP contribution in [-0.2, 0) is 16.8 Å². The van der Waals surface area contributed by atoms with Crippen molar-refractivity contribution in [3.8, 4) is 11.3 Å². The minimum atomic E-state index is -0.627. The number of hydrogen-bond acceptors (Lipinski definition) is 9. The summed E-state index contributed by atoms with van der Waals surface area (Å²) in [7, 11) is 0. The maximum Gasteiger partial charge on any atom is 0.410 e. The van der Waals surface area contributed by atoms with E-state index in [1.54, 1.807) is 28.2 Å². The topological polar surface area (TPSA) is 133 Å². The predicted octanol–water partition coefficient (Wildman–Crippen LogP) is 6.51. The number of hydrogen-bond donors (Lipinski definition) is 1. The average molecular weight is 614 g/mol. The van der Waals surface area contributed by atoms with Crippen molar-refractivity contribution in [1.29, 1.82) is 0 Å². The Labute approximate surface area is 264 Å². The van der Waals surface area contributed by atoms with Gasteiger partial charge in [-0.05, 0) is 91.0 Å². The number of fused-ring (bicyclic) bond motifs is 1. The van der Waals surface area contributed by atoms with Crippen LogP contribution in [-0.4, -0.2) is 63.7 Å². The van der Waals surface area contributed by atoms with Crippen LogP contribution < -0.4 is 5.32 Å². The molecule has 0 unspecified atom stereocenters. The first-order valence-electron chi connectivity index (χ1n) is 15.4. The molecule has 12 nitrogen and oxygen atoms in total. The molecular weight excluding hydrogens is 570 g/mol. The molecule has 1 N–H and O–H groups in total. The smallest absolute Gasteiger partial charge is 0.410 e. The van der Waals surface area contributed by atoms with Crippen LogP contribution in [0.15, 0.2) is 49.1 Å². The van der Waals surface area contributed by atoms with Crippen LogP contribution in [0.3, 0.4) is 0 Å². The highest BCUT2D eigenvalue weighted by Gasteiger charge is 2.30. The summed E-state index contributed by atoms with van der Waals surface area (Å²) in [6.45, 7) is 16.5. The van der Waals surface area contributed by atoms with E-state index in [2.05, 4.69) is 45.6 Å². The first kappa shape index (κ1) is 31.8. The fourth-order valence-electron chi connectivity index (χ4n) is 5.19. The Bertz CT molecular complexity index is 1680. The number of rotatable bonds is 7. The number of amides is 1. The first-order chi connectivity index (χ1) is 21.2. The first-order valence-corrected chi connectivity index (χ1v) is 15.4. The standard InChI is InChI=1S/C33H43N9O3/c1-21(2)41-19-25(17-35-41)36-30-34-13-11-27(37-30)23-9-10-26-22(16-29(43)28-20-42(39-38-28)32(3,4)5)12-14-40(18-24(26)15-23)31(44)45-33(6,7)8/h9-11,13,15,17,19-22H,12,14,16,18H2,1-8H3,(H,34,36,37)/t22-/m0/s1. The Morgan fingerprint density at radius 3 is 2.53 bits per heavy atom. The Morgan fingerprint density at radius 2 is 1.87 bits per heavy atom. The lowest BCUT2D eigenvalue weighted by molar-refractivity contribution is 0.0235. The van der Waals surface area contributed by atoms with Crippen LogP contribution in [0.5, 0.6) is 0 Å². The van der Waals surface area contributed by atoms with Crippen LogP contribution in [0.25, 0.3) is 11.3 Å². The fourth-order valence-corrected chi connectivity index (χ4v) is 5.19. The van der Waals surface area contributed by atoms with Crippen molar-refractivity contribution in [3.63, 3.8) is 0 Å². The number of aromatic nitrogens is 7. The van der Waals surface area contributed by atoms with E-state index >= 15 is 0 Å². The lowest BCUT2D eigenvalue weighted by atomic mass is 9.87. The molecule has 0 aliphatic carbocycles. The molecule has 12 heteroatoms. The van der Waals surface area contributed by atoms with E-state index in [9.17, 15) is 9.59 Å². The number of carbonyl (C=O) groups excluding carboxylic acids is 2. The highest BCUT2D eigenvalue weighted by atomic mass is 16.6. The van der Waals surface area contributed by atoms with Gasteiger partial charge in [-0.3, -0.25) is 9.48 Å². The summed E-state index contributed by atoms with van der Waals surface area (Å²) < 4.78 is 9.31. The molecule has 0 saturated carbocycles. The Hall–Kier alpha value is -4.61. The van der Waals surface area contributed by atoms with Gasteiger partial charge in [0, 0.05) is 43.5 Å². The monoisotopic (exact) mass is 613 g/mol. The SMILES string of the molecule is CC(C)n1cc(Nc2nccc(-c3ccc4c(c3)CN(C(=O)OC(C)(C)C)CC[C@H]4CC(=O)c3cn(C(C)(C)C)nn3)n2)cn1. The number of ether oxygens (including phenoxy) is 1. The van der Waals surface area contributed by atoms with Gasteiger partial charge in [-0.15, -0.1) is 5.10 Å². The summed E-state index contributed by atoms with van der Waals surface area (Å²) in [5, 5.41) is 16.0. The molecule has 5 rings (SSSR count). The number of Topliss-reactive ketones (excluding diaryl/α,β-unsaturated/α-hetero) is 1. The summed E-state index contributed by atoms with van der Waals surface area (Å²) in [6, 6.07) is 8.21. The third kappa shape index (κ3) is 7.73. The minimum absolute atomic E-state index is 0.0800. The number of carbonyl (C=O) groups is 2. The minimum Gasteiger partial charge on any atom is -0.444 e. The molecule has 238 valence electrons. The largest absolute Gasteiger partial charge is 0.444 e. The number of nitrogens with one attached hydrogen (secondary N) is 1. The maximum atomic E-state index is 13.4. The van der Waals surface area contributed by atoms with E-state index in [4.69, 9.17) is 9.72 Å². The van der Waals surface area contributed by atoms with Gasteiger partial charge < -0.3 is 15.0 Å². The molecule has 0 saturated heterocycles. The summed E-state index contributed by atoms with van der Waals surface area (Å²) in [6.07, 6.45) is 7.56. The van der Waals surface area contributed by atoms with Gasteiger partial charge in [0.15, 0.2) is 5.78 Å². The molecule has 4 heterocycles. The van der Waals surface area contributed by atoms with Crippen LogP contribution in [0.4, 0.5) is 16.4 Å². The fraction of sp³-hybridized carbons (Fsp3) is 0.485. The predicted molar refractivity (Wildman–Crippen MR) is 171 cm³/mol. The lowest BCUT2D eigenvalue weighted by Crippen LogP contribution is -2.36. The number of benzene rings is 1. The van der Waals surface area contributed by atoms with E-state index in [1.165, 1.54) is 0 Å². The van der Waals surface area contributed by atoms with E-state index in [1.807, 2.05) is 70.6 Å². The summed E-state index contributed by atoms with van der Waals surface area (Å²) >= 11 is 0. The molecule has 1 amide bonds. The molecule has 0 radical (unpaired) electrons. The van der Waals surface area contributed by atoms with Crippen molar-refractivity contribution in [2.75, 3.05) is 11.9 Å². The zero-order valence-corrected chi connectivity index (χ0v) is 27.4. The quantitative estimate of drug-likeness (QED) is 0.232. The highest BCUT2D eigenvalue weighted by molar-refractivity contribution is 5.94. The van der Waals surface area contributed by atoms with Gasteiger partial charge in [0.25, 0.3) is 0 Å². The van der Waals surface area contributed by atoms with Gasteiger partial charge in [0.2, 0.25) is 5.95 Å². The number of nitrogens with zero attached hydrogens (tertiary/aromatic N) is 8. The van der Waals surface area contributed by atoms with Crippen molar-refractivity contribution in [3.05, 3.63) is 65.9 Å². The summed E-state index contributed by atoms with van der Waals surface area (Å²) in [5.74, 6) is 0.255. The summed E-state index contributed by atoms with van der Waals surface area (Å²) in [4.78, 5) is 37.5. The highest BCUT2D eigenvalue weighted by Crippen LogP contribution is 2.35.